The van der Waals surface area contributed by atoms with Gasteiger partial charge in [0.25, 0.3) is 11.8 Å². The van der Waals surface area contributed by atoms with Crippen LogP contribution in [0.4, 0.5) is 0 Å². The molecule has 3 fully saturated rings. The maximum absolute atomic E-state index is 13.2. The van der Waals surface area contributed by atoms with Gasteiger partial charge in [-0.05, 0) is 61.7 Å². The van der Waals surface area contributed by atoms with Crippen molar-refractivity contribution in [3.63, 3.8) is 0 Å². The largest absolute Gasteiger partial charge is 0.508 e. The molecule has 0 aromatic heterocycles. The van der Waals surface area contributed by atoms with Crippen molar-refractivity contribution in [1.29, 1.82) is 0 Å². The zero-order valence-electron chi connectivity index (χ0n) is 23.8. The van der Waals surface area contributed by atoms with Gasteiger partial charge in [-0.15, -0.1) is 0 Å². The zero-order chi connectivity index (χ0) is 29.6. The number of phenols is 1. The molecule has 3 N–H and O–H groups in total. The quantitative estimate of drug-likeness (QED) is 0.432. The lowest BCUT2D eigenvalue weighted by molar-refractivity contribution is -0.136. The van der Waals surface area contributed by atoms with Crippen molar-refractivity contribution in [2.45, 2.75) is 50.4 Å². The summed E-state index contributed by atoms with van der Waals surface area (Å²) in [6.07, 6.45) is 1.07. The van der Waals surface area contributed by atoms with Crippen LogP contribution in [0.15, 0.2) is 36.4 Å². The molecule has 4 heterocycles. The second-order valence-electron chi connectivity index (χ2n) is 12.1. The molecule has 0 radical (unpaired) electrons. The first-order valence-electron chi connectivity index (χ1n) is 14.6. The molecule has 1 unspecified atom stereocenters. The number of amides is 4. The van der Waals surface area contributed by atoms with Gasteiger partial charge in [-0.1, -0.05) is 12.1 Å². The summed E-state index contributed by atoms with van der Waals surface area (Å²) in [5.41, 5.74) is 1.83. The average molecular weight is 576 g/mol. The number of imide groups is 2. The van der Waals surface area contributed by atoms with E-state index >= 15 is 0 Å². The van der Waals surface area contributed by atoms with E-state index < -0.39 is 35.3 Å². The van der Waals surface area contributed by atoms with Gasteiger partial charge in [0.1, 0.15) is 11.8 Å². The van der Waals surface area contributed by atoms with Crippen molar-refractivity contribution in [1.82, 2.24) is 24.9 Å². The van der Waals surface area contributed by atoms with Crippen LogP contribution in [-0.4, -0.2) is 106 Å². The number of likely N-dealkylation sites (tertiary alicyclic amines) is 1. The molecular weight excluding hydrogens is 538 g/mol. The molecule has 6 rings (SSSR count). The Balaban J connectivity index is 1.10. The molecule has 4 aliphatic heterocycles. The number of fused-ring (bicyclic) bond motifs is 1. The lowest BCUT2D eigenvalue weighted by atomic mass is 9.83. The number of nitrogens with zero attached hydrogens (tertiary/aromatic N) is 4. The Kier molecular flexibility index (Phi) is 7.61. The number of carbonyl (C=O) groups excluding carboxylic acids is 4. The van der Waals surface area contributed by atoms with Crippen molar-refractivity contribution in [2.75, 3.05) is 46.3 Å². The van der Waals surface area contributed by atoms with Crippen LogP contribution in [0.2, 0.25) is 0 Å². The third-order valence-corrected chi connectivity index (χ3v) is 9.20. The summed E-state index contributed by atoms with van der Waals surface area (Å²) >= 11 is 0. The van der Waals surface area contributed by atoms with Crippen LogP contribution < -0.4 is 5.32 Å². The van der Waals surface area contributed by atoms with Crippen molar-refractivity contribution < 1.29 is 29.4 Å². The zero-order valence-corrected chi connectivity index (χ0v) is 23.8. The summed E-state index contributed by atoms with van der Waals surface area (Å²) in [4.78, 5) is 58.1. The Morgan fingerprint density at radius 1 is 0.857 bits per heavy atom. The van der Waals surface area contributed by atoms with Gasteiger partial charge in [-0.2, -0.15) is 0 Å². The van der Waals surface area contributed by atoms with Crippen LogP contribution in [0.1, 0.15) is 63.1 Å². The van der Waals surface area contributed by atoms with E-state index in [0.29, 0.717) is 50.3 Å². The Hall–Kier alpha value is -3.64. The molecule has 222 valence electrons. The number of hydrogen-bond acceptors (Lipinski definition) is 9. The number of carbonyl (C=O) groups is 4. The Morgan fingerprint density at radius 2 is 1.55 bits per heavy atom. The number of phenolic OH excluding ortho intramolecular Hbond substituents is 1. The molecule has 11 nitrogen and oxygen atoms in total. The third-order valence-electron chi connectivity index (χ3n) is 9.20. The first-order valence-corrected chi connectivity index (χ1v) is 14.6. The molecule has 3 saturated heterocycles. The van der Waals surface area contributed by atoms with Crippen LogP contribution in [0, 0.1) is 0 Å². The number of benzene rings is 2. The van der Waals surface area contributed by atoms with Crippen LogP contribution in [0.5, 0.6) is 5.75 Å². The number of aromatic hydroxyl groups is 1. The van der Waals surface area contributed by atoms with Crippen molar-refractivity contribution in [3.8, 4) is 5.75 Å². The summed E-state index contributed by atoms with van der Waals surface area (Å²) in [5, 5.41) is 24.3. The highest BCUT2D eigenvalue weighted by atomic mass is 16.3. The highest BCUT2D eigenvalue weighted by Gasteiger charge is 2.45. The normalized spacial score (nSPS) is 23.8. The summed E-state index contributed by atoms with van der Waals surface area (Å²) in [7, 11) is 2.12. The minimum atomic E-state index is -1.15. The van der Waals surface area contributed by atoms with E-state index in [2.05, 4.69) is 33.1 Å². The number of likely N-dealkylation sites (N-methyl/N-ethyl adjacent to an activating group) is 1. The monoisotopic (exact) mass is 575 g/mol. The topological polar surface area (TPSA) is 134 Å². The fourth-order valence-corrected chi connectivity index (χ4v) is 6.50. The Bertz CT molecular complexity index is 1430. The summed E-state index contributed by atoms with van der Waals surface area (Å²) in [6, 6.07) is 9.60. The maximum atomic E-state index is 13.2. The number of nitrogens with one attached hydrogen (secondary N) is 1. The number of aliphatic hydroxyl groups is 1. The van der Waals surface area contributed by atoms with E-state index in [9.17, 15) is 29.4 Å². The van der Waals surface area contributed by atoms with Crippen molar-refractivity contribution in [2.24, 2.45) is 0 Å². The molecule has 0 saturated carbocycles. The van der Waals surface area contributed by atoms with Gasteiger partial charge >= 0.3 is 0 Å². The number of piperidine rings is 2. The van der Waals surface area contributed by atoms with E-state index in [1.165, 1.54) is 0 Å². The van der Waals surface area contributed by atoms with E-state index in [0.717, 1.165) is 42.2 Å². The molecule has 1 atom stereocenters. The Labute approximate surface area is 244 Å². The summed E-state index contributed by atoms with van der Waals surface area (Å²) in [5.74, 6) is -1.88. The molecule has 0 aliphatic carbocycles. The van der Waals surface area contributed by atoms with E-state index in [4.69, 9.17) is 0 Å². The second kappa shape index (κ2) is 11.2. The van der Waals surface area contributed by atoms with Crippen LogP contribution >= 0.6 is 0 Å². The van der Waals surface area contributed by atoms with Crippen LogP contribution in [0.25, 0.3) is 0 Å². The smallest absolute Gasteiger partial charge is 0.262 e. The van der Waals surface area contributed by atoms with E-state index in [-0.39, 0.29) is 24.0 Å². The SMILES string of the molecule is CN1CCN(Cc2cc(CN3CCC(O)(c4ccc5c(c4)C(=O)N(C4CCC(=O)NC4=O)C5=O)CC3)ccc2O)CC1. The number of piperazine rings is 1. The molecule has 2 aromatic rings. The van der Waals surface area contributed by atoms with Gasteiger partial charge in [0.2, 0.25) is 11.8 Å². The van der Waals surface area contributed by atoms with Gasteiger partial charge in [-0.25, -0.2) is 0 Å². The fraction of sp³-hybridized carbons (Fsp3) is 0.484. The van der Waals surface area contributed by atoms with Crippen LogP contribution in [-0.2, 0) is 28.3 Å². The fourth-order valence-electron chi connectivity index (χ4n) is 6.50. The first kappa shape index (κ1) is 28.5. The molecule has 2 aromatic carbocycles. The minimum absolute atomic E-state index is 0.0625. The average Bonchev–Trinajstić information content (AvgIpc) is 3.22. The standard InChI is InChI=1S/C31H37N5O6/c1-33-12-14-35(15-13-33)19-21-16-20(2-6-26(21)37)18-34-10-8-31(42,9-11-34)22-3-4-23-24(17-22)30(41)36(29(23)40)25-5-7-27(38)32-28(25)39/h2-4,6,16-17,25,37,42H,5,7-15,18-19H2,1H3,(H,32,38,39). The first-order chi connectivity index (χ1) is 20.1. The lowest BCUT2D eigenvalue weighted by Crippen LogP contribution is -2.54. The number of hydrogen-bond donors (Lipinski definition) is 3. The predicted molar refractivity (Wildman–Crippen MR) is 152 cm³/mol. The molecule has 0 bridgehead atoms. The van der Waals surface area contributed by atoms with E-state index in [1.54, 1.807) is 24.3 Å². The number of rotatable bonds is 6. The Morgan fingerprint density at radius 3 is 2.26 bits per heavy atom. The third kappa shape index (κ3) is 5.45. The van der Waals surface area contributed by atoms with Crippen molar-refractivity contribution in [3.05, 3.63) is 64.2 Å². The molecule has 0 spiro atoms. The highest BCUT2D eigenvalue weighted by molar-refractivity contribution is 6.23. The second-order valence-corrected chi connectivity index (χ2v) is 12.1. The molecule has 4 amide bonds. The highest BCUT2D eigenvalue weighted by Crippen LogP contribution is 2.37. The molecular formula is C31H37N5O6. The summed E-state index contributed by atoms with van der Waals surface area (Å²) < 4.78 is 0. The van der Waals surface area contributed by atoms with Gasteiger partial charge in [-0.3, -0.25) is 39.2 Å². The lowest BCUT2D eigenvalue weighted by Gasteiger charge is -2.38. The summed E-state index contributed by atoms with van der Waals surface area (Å²) in [6.45, 7) is 6.67. The molecule has 11 heteroatoms. The van der Waals surface area contributed by atoms with E-state index in [1.807, 2.05) is 6.07 Å². The van der Waals surface area contributed by atoms with Crippen molar-refractivity contribution >= 4 is 23.6 Å². The van der Waals surface area contributed by atoms with Gasteiger partial charge in [0, 0.05) is 64.3 Å². The molecule has 42 heavy (non-hydrogen) atoms. The van der Waals surface area contributed by atoms with Gasteiger partial charge in [0.15, 0.2) is 0 Å². The van der Waals surface area contributed by atoms with Gasteiger partial charge in [0.05, 0.1) is 16.7 Å². The predicted octanol–water partition coefficient (Wildman–Crippen LogP) is 1.02. The minimum Gasteiger partial charge on any atom is -0.508 e. The maximum Gasteiger partial charge on any atom is 0.262 e. The molecule has 4 aliphatic rings. The van der Waals surface area contributed by atoms with Crippen LogP contribution in [0.3, 0.4) is 0 Å². The van der Waals surface area contributed by atoms with Gasteiger partial charge < -0.3 is 15.1 Å².